The smallest absolute Gasteiger partial charge is 0.342 e. The lowest BCUT2D eigenvalue weighted by Gasteiger charge is -2.34. The Bertz CT molecular complexity index is 293. The van der Waals surface area contributed by atoms with E-state index >= 15 is 0 Å². The van der Waals surface area contributed by atoms with E-state index < -0.39 is 19.0 Å². The molecule has 1 amide bonds. The van der Waals surface area contributed by atoms with Crippen LogP contribution >= 0.6 is 0 Å². The molecule has 2 rings (SSSR count). The Labute approximate surface area is 98.3 Å². The zero-order chi connectivity index (χ0) is 12.5. The Morgan fingerprint density at radius 3 is 2.71 bits per heavy atom. The van der Waals surface area contributed by atoms with E-state index in [1.807, 2.05) is 0 Å². The van der Waals surface area contributed by atoms with Crippen LogP contribution in [-0.2, 0) is 4.79 Å². The molecule has 3 nitrogen and oxygen atoms in total. The summed E-state index contributed by atoms with van der Waals surface area (Å²) < 4.78 is 36.1. The number of carbonyl (C=O) groups excluding carboxylic acids is 1. The average molecular weight is 250 g/mol. The predicted octanol–water partition coefficient (Wildman–Crippen LogP) is 1.40. The molecule has 6 heteroatoms. The van der Waals surface area contributed by atoms with Gasteiger partial charge in [0.2, 0.25) is 5.91 Å². The van der Waals surface area contributed by atoms with Crippen LogP contribution in [0.1, 0.15) is 19.3 Å². The van der Waals surface area contributed by atoms with Gasteiger partial charge >= 0.3 is 6.18 Å². The minimum absolute atomic E-state index is 0.354. The maximum absolute atomic E-state index is 12.0. The molecule has 2 aliphatic heterocycles. The third-order valence-electron chi connectivity index (χ3n) is 3.68. The number of fused-ring (bicyclic) bond motifs is 1. The minimum atomic E-state index is -4.23. The van der Waals surface area contributed by atoms with Crippen LogP contribution in [0.2, 0.25) is 0 Å². The summed E-state index contributed by atoms with van der Waals surface area (Å²) in [6.07, 6.45) is -4.73. The summed E-state index contributed by atoms with van der Waals surface area (Å²) in [7, 11) is 0. The van der Waals surface area contributed by atoms with Crippen LogP contribution in [0.3, 0.4) is 0 Å². The molecule has 2 atom stereocenters. The largest absolute Gasteiger partial charge is 0.389 e. The zero-order valence-corrected chi connectivity index (χ0v) is 9.59. The number of halogens is 3. The highest BCUT2D eigenvalue weighted by Gasteiger charge is 2.35. The Morgan fingerprint density at radius 1 is 1.29 bits per heavy atom. The molecular weight excluding hydrogens is 233 g/mol. The van der Waals surface area contributed by atoms with E-state index in [2.05, 4.69) is 5.32 Å². The number of piperidine rings is 1. The summed E-state index contributed by atoms with van der Waals surface area (Å²) in [5.41, 5.74) is 0. The van der Waals surface area contributed by atoms with Gasteiger partial charge in [-0.2, -0.15) is 13.2 Å². The van der Waals surface area contributed by atoms with Gasteiger partial charge < -0.3 is 10.2 Å². The van der Waals surface area contributed by atoms with Crippen molar-refractivity contribution in [3.05, 3.63) is 0 Å². The molecule has 98 valence electrons. The second-order valence-corrected chi connectivity index (χ2v) is 4.92. The van der Waals surface area contributed by atoms with Crippen molar-refractivity contribution in [3.63, 3.8) is 0 Å². The lowest BCUT2D eigenvalue weighted by Crippen LogP contribution is -2.43. The first-order valence-corrected chi connectivity index (χ1v) is 6.01. The van der Waals surface area contributed by atoms with Crippen LogP contribution in [0.25, 0.3) is 0 Å². The van der Waals surface area contributed by atoms with Crippen molar-refractivity contribution in [2.45, 2.75) is 25.4 Å². The van der Waals surface area contributed by atoms with E-state index in [0.29, 0.717) is 24.9 Å². The van der Waals surface area contributed by atoms with Gasteiger partial charge in [-0.15, -0.1) is 0 Å². The number of nitrogens with zero attached hydrogens (tertiary/aromatic N) is 1. The van der Waals surface area contributed by atoms with Crippen LogP contribution in [0, 0.1) is 11.8 Å². The third-order valence-corrected chi connectivity index (χ3v) is 3.68. The number of hydrogen-bond acceptors (Lipinski definition) is 2. The number of hydrogen-bond donors (Lipinski definition) is 1. The van der Waals surface area contributed by atoms with Gasteiger partial charge in [0.15, 0.2) is 0 Å². The first-order valence-electron chi connectivity index (χ1n) is 6.01. The molecule has 0 spiro atoms. The molecule has 2 saturated heterocycles. The van der Waals surface area contributed by atoms with Crippen LogP contribution in [0.5, 0.6) is 0 Å². The summed E-state index contributed by atoms with van der Waals surface area (Å²) in [4.78, 5) is 13.2. The fourth-order valence-corrected chi connectivity index (χ4v) is 2.67. The van der Waals surface area contributed by atoms with Crippen molar-refractivity contribution < 1.29 is 18.0 Å². The second kappa shape index (κ2) is 4.84. The minimum Gasteiger partial charge on any atom is -0.342 e. The number of amides is 1. The average Bonchev–Trinajstić information content (AvgIpc) is 2.71. The number of likely N-dealkylation sites (tertiary alicyclic amines) is 1. The Morgan fingerprint density at radius 2 is 2.00 bits per heavy atom. The van der Waals surface area contributed by atoms with Crippen LogP contribution in [0.15, 0.2) is 0 Å². The molecule has 0 bridgehead atoms. The summed E-state index contributed by atoms with van der Waals surface area (Å²) in [6, 6.07) is 0. The molecule has 0 aliphatic carbocycles. The van der Waals surface area contributed by atoms with E-state index in [1.54, 1.807) is 4.90 Å². The lowest BCUT2D eigenvalue weighted by atomic mass is 9.88. The predicted molar refractivity (Wildman–Crippen MR) is 56.3 cm³/mol. The summed E-state index contributed by atoms with van der Waals surface area (Å²) in [5.74, 6) is 0.674. The Kier molecular flexibility index (Phi) is 3.61. The molecule has 2 aliphatic rings. The molecular formula is C11H17F3N2O. The second-order valence-electron chi connectivity index (χ2n) is 4.92. The van der Waals surface area contributed by atoms with Crippen molar-refractivity contribution in [1.29, 1.82) is 0 Å². The number of carbonyl (C=O) groups is 1. The van der Waals surface area contributed by atoms with E-state index in [9.17, 15) is 18.0 Å². The normalized spacial score (nSPS) is 29.2. The summed E-state index contributed by atoms with van der Waals surface area (Å²) >= 11 is 0. The zero-order valence-electron chi connectivity index (χ0n) is 9.59. The molecule has 2 heterocycles. The summed E-state index contributed by atoms with van der Waals surface area (Å²) in [5, 5.41) is 3.26. The maximum atomic E-state index is 12.0. The van der Waals surface area contributed by atoms with Crippen molar-refractivity contribution in [2.75, 3.05) is 26.2 Å². The third kappa shape index (κ3) is 3.34. The van der Waals surface area contributed by atoms with Crippen LogP contribution < -0.4 is 5.32 Å². The summed E-state index contributed by atoms with van der Waals surface area (Å²) in [6.45, 7) is 3.09. The SMILES string of the molecule is O=C(CCC(F)(F)F)N1CCC2CNCC2C1. The molecule has 0 aromatic rings. The molecule has 0 aromatic carbocycles. The Hall–Kier alpha value is -0.780. The van der Waals surface area contributed by atoms with Gasteiger partial charge in [0.25, 0.3) is 0 Å². The fourth-order valence-electron chi connectivity index (χ4n) is 2.67. The first kappa shape index (κ1) is 12.7. The van der Waals surface area contributed by atoms with Crippen LogP contribution in [-0.4, -0.2) is 43.2 Å². The number of rotatable bonds is 2. The van der Waals surface area contributed by atoms with Gasteiger partial charge in [0, 0.05) is 19.5 Å². The molecule has 0 aromatic heterocycles. The van der Waals surface area contributed by atoms with E-state index in [0.717, 1.165) is 19.5 Å². The van der Waals surface area contributed by atoms with Crippen molar-refractivity contribution >= 4 is 5.91 Å². The molecule has 2 fully saturated rings. The van der Waals surface area contributed by atoms with E-state index in [1.165, 1.54) is 0 Å². The monoisotopic (exact) mass is 250 g/mol. The molecule has 2 unspecified atom stereocenters. The fraction of sp³-hybridized carbons (Fsp3) is 0.909. The number of nitrogens with one attached hydrogen (secondary N) is 1. The van der Waals surface area contributed by atoms with Crippen molar-refractivity contribution in [1.82, 2.24) is 10.2 Å². The number of alkyl halides is 3. The van der Waals surface area contributed by atoms with Gasteiger partial charge in [-0.1, -0.05) is 0 Å². The van der Waals surface area contributed by atoms with Gasteiger partial charge in [-0.05, 0) is 31.3 Å². The highest BCUT2D eigenvalue weighted by molar-refractivity contribution is 5.76. The standard InChI is InChI=1S/C11H17F3N2O/c12-11(13,14)3-1-10(17)16-4-2-8-5-15-6-9(8)7-16/h8-9,15H,1-7H2. The molecule has 17 heavy (non-hydrogen) atoms. The highest BCUT2D eigenvalue weighted by atomic mass is 19.4. The van der Waals surface area contributed by atoms with Crippen molar-refractivity contribution in [2.24, 2.45) is 11.8 Å². The van der Waals surface area contributed by atoms with E-state index in [-0.39, 0.29) is 5.91 Å². The van der Waals surface area contributed by atoms with Gasteiger partial charge in [0.05, 0.1) is 6.42 Å². The van der Waals surface area contributed by atoms with E-state index in [4.69, 9.17) is 0 Å². The van der Waals surface area contributed by atoms with Crippen LogP contribution in [0.4, 0.5) is 13.2 Å². The van der Waals surface area contributed by atoms with Crippen molar-refractivity contribution in [3.8, 4) is 0 Å². The topological polar surface area (TPSA) is 32.3 Å². The van der Waals surface area contributed by atoms with Gasteiger partial charge in [-0.25, -0.2) is 0 Å². The van der Waals surface area contributed by atoms with Gasteiger partial charge in [-0.3, -0.25) is 4.79 Å². The molecule has 0 saturated carbocycles. The molecule has 1 N–H and O–H groups in total. The first-order chi connectivity index (χ1) is 7.96. The quantitative estimate of drug-likeness (QED) is 0.803. The lowest BCUT2D eigenvalue weighted by molar-refractivity contribution is -0.150. The Balaban J connectivity index is 1.80. The molecule has 0 radical (unpaired) electrons. The highest BCUT2D eigenvalue weighted by Crippen LogP contribution is 2.28. The maximum Gasteiger partial charge on any atom is 0.389 e. The van der Waals surface area contributed by atoms with Gasteiger partial charge in [0.1, 0.15) is 0 Å².